The predicted molar refractivity (Wildman–Crippen MR) is 119 cm³/mol. The van der Waals surface area contributed by atoms with Crippen LogP contribution >= 0.6 is 11.3 Å². The van der Waals surface area contributed by atoms with E-state index in [1.165, 1.54) is 0 Å². The molecule has 0 unspecified atom stereocenters. The topological polar surface area (TPSA) is 84.5 Å². The minimum atomic E-state index is -0.657. The number of hydrogen-bond acceptors (Lipinski definition) is 7. The van der Waals surface area contributed by atoms with Crippen LogP contribution in [-0.2, 0) is 25.6 Å². The van der Waals surface area contributed by atoms with Crippen molar-refractivity contribution in [3.05, 3.63) is 69.7 Å². The van der Waals surface area contributed by atoms with E-state index in [1.807, 2.05) is 36.6 Å². The van der Waals surface area contributed by atoms with Gasteiger partial charge in [-0.1, -0.05) is 19.4 Å². The zero-order chi connectivity index (χ0) is 21.8. The van der Waals surface area contributed by atoms with Gasteiger partial charge in [-0.2, -0.15) is 0 Å². The Morgan fingerprint density at radius 2 is 2.23 bits per heavy atom. The number of carbonyl (C=O) groups excluding carboxylic acids is 2. The number of aromatic amines is 1. The summed E-state index contributed by atoms with van der Waals surface area (Å²) in [5.74, 6) is -0.840. The molecule has 0 saturated carbocycles. The summed E-state index contributed by atoms with van der Waals surface area (Å²) < 4.78 is 11.3. The lowest BCUT2D eigenvalue weighted by Gasteiger charge is -2.19. The molecular weight excluding hydrogens is 414 g/mol. The number of pyridine rings is 1. The van der Waals surface area contributed by atoms with E-state index >= 15 is 0 Å². The van der Waals surface area contributed by atoms with Gasteiger partial charge in [0.15, 0.2) is 11.3 Å². The van der Waals surface area contributed by atoms with Gasteiger partial charge in [0.2, 0.25) is 11.7 Å². The number of nitrogens with one attached hydrogen (secondary N) is 1. The molecule has 8 heteroatoms. The summed E-state index contributed by atoms with van der Waals surface area (Å²) in [5.41, 5.74) is 1.40. The van der Waals surface area contributed by atoms with Gasteiger partial charge in [0, 0.05) is 35.3 Å². The third-order valence-electron chi connectivity index (χ3n) is 4.90. The average molecular weight is 438 g/mol. The van der Waals surface area contributed by atoms with Crippen LogP contribution in [0.4, 0.5) is 0 Å². The molecule has 0 aliphatic carbocycles. The number of nitrogens with zero attached hydrogens (tertiary/aromatic N) is 2. The van der Waals surface area contributed by atoms with Gasteiger partial charge in [-0.25, -0.2) is 9.78 Å². The summed E-state index contributed by atoms with van der Waals surface area (Å²) in [6.45, 7) is 2.78. The molecule has 0 bridgehead atoms. The number of hydrogen-bond donors (Lipinski definition) is 1. The molecule has 160 valence electrons. The molecule has 7 nitrogen and oxygen atoms in total. The van der Waals surface area contributed by atoms with Crippen molar-refractivity contribution < 1.29 is 19.1 Å². The number of fused-ring (bicyclic) bond motifs is 1. The number of aromatic nitrogens is 2. The van der Waals surface area contributed by atoms with Crippen LogP contribution in [0.15, 0.2) is 59.3 Å². The standard InChI is InChI=1S/C23H23N3O4S/c1-3-4-10-29-23(28)19-20(27)18(12-15-13-25-21-17(15)8-5-9-24-21)30-22(19)26(2)14-16-7-6-11-31-16/h5-9,11-13H,3-4,10,14H2,1-2H3,(H,24,25)/b18-12-. The summed E-state index contributed by atoms with van der Waals surface area (Å²) in [4.78, 5) is 36.1. The maximum absolute atomic E-state index is 13.2. The molecule has 3 aromatic rings. The van der Waals surface area contributed by atoms with Gasteiger partial charge in [-0.15, -0.1) is 11.3 Å². The number of esters is 1. The lowest BCUT2D eigenvalue weighted by Crippen LogP contribution is -2.22. The molecule has 1 aliphatic heterocycles. The van der Waals surface area contributed by atoms with E-state index in [2.05, 4.69) is 9.97 Å². The summed E-state index contributed by atoms with van der Waals surface area (Å²) in [7, 11) is 1.79. The Kier molecular flexibility index (Phi) is 6.18. The third kappa shape index (κ3) is 4.39. The van der Waals surface area contributed by atoms with E-state index in [4.69, 9.17) is 9.47 Å². The highest BCUT2D eigenvalue weighted by molar-refractivity contribution is 7.09. The van der Waals surface area contributed by atoms with Crippen molar-refractivity contribution in [2.24, 2.45) is 0 Å². The number of ether oxygens (including phenoxy) is 2. The van der Waals surface area contributed by atoms with Crippen LogP contribution in [0.1, 0.15) is 30.2 Å². The predicted octanol–water partition coefficient (Wildman–Crippen LogP) is 4.25. The van der Waals surface area contributed by atoms with Crippen molar-refractivity contribution in [2.45, 2.75) is 26.3 Å². The van der Waals surface area contributed by atoms with Gasteiger partial charge in [0.25, 0.3) is 0 Å². The number of Topliss-reactive ketones (excluding diaryl/α,β-unsaturated/α-hetero) is 1. The Labute approximate surface area is 184 Å². The Morgan fingerprint density at radius 1 is 1.35 bits per heavy atom. The fourth-order valence-corrected chi connectivity index (χ4v) is 4.05. The molecule has 0 aromatic carbocycles. The van der Waals surface area contributed by atoms with E-state index in [0.29, 0.717) is 12.2 Å². The number of carbonyl (C=O) groups is 2. The van der Waals surface area contributed by atoms with Gasteiger partial charge in [-0.3, -0.25) is 4.79 Å². The molecule has 1 aliphatic rings. The molecule has 0 atom stereocenters. The smallest absolute Gasteiger partial charge is 0.347 e. The van der Waals surface area contributed by atoms with Gasteiger partial charge in [0.1, 0.15) is 5.65 Å². The molecule has 1 N–H and O–H groups in total. The van der Waals surface area contributed by atoms with Crippen molar-refractivity contribution in [1.29, 1.82) is 0 Å². The number of ketones is 1. The second kappa shape index (κ2) is 9.18. The number of allylic oxidation sites excluding steroid dienone is 1. The molecule has 0 amide bonds. The molecule has 0 saturated heterocycles. The molecule has 3 aromatic heterocycles. The Balaban J connectivity index is 1.65. The maximum Gasteiger partial charge on any atom is 0.347 e. The summed E-state index contributed by atoms with van der Waals surface area (Å²) >= 11 is 1.60. The molecule has 0 radical (unpaired) electrons. The minimum Gasteiger partial charge on any atom is -0.462 e. The van der Waals surface area contributed by atoms with Crippen molar-refractivity contribution in [3.8, 4) is 0 Å². The largest absolute Gasteiger partial charge is 0.462 e. The normalized spacial score (nSPS) is 15.0. The number of thiophene rings is 1. The van der Waals surface area contributed by atoms with Crippen LogP contribution in [0.3, 0.4) is 0 Å². The fourth-order valence-electron chi connectivity index (χ4n) is 3.29. The third-order valence-corrected chi connectivity index (χ3v) is 5.76. The molecule has 0 spiro atoms. The summed E-state index contributed by atoms with van der Waals surface area (Å²) in [5, 5.41) is 2.84. The van der Waals surface area contributed by atoms with E-state index in [0.717, 1.165) is 28.7 Å². The first-order chi connectivity index (χ1) is 15.1. The first-order valence-corrected chi connectivity index (χ1v) is 11.0. The zero-order valence-corrected chi connectivity index (χ0v) is 18.2. The van der Waals surface area contributed by atoms with E-state index in [1.54, 1.807) is 41.8 Å². The molecule has 0 fully saturated rings. The van der Waals surface area contributed by atoms with Crippen molar-refractivity contribution in [1.82, 2.24) is 14.9 Å². The fraction of sp³-hybridized carbons (Fsp3) is 0.261. The monoisotopic (exact) mass is 437 g/mol. The minimum absolute atomic E-state index is 0.0700. The first kappa shape index (κ1) is 20.9. The maximum atomic E-state index is 13.2. The number of unbranched alkanes of at least 4 members (excludes halogenated alkanes) is 1. The zero-order valence-electron chi connectivity index (χ0n) is 17.4. The Hall–Kier alpha value is -3.39. The number of H-pyrrole nitrogens is 1. The molecule has 31 heavy (non-hydrogen) atoms. The highest BCUT2D eigenvalue weighted by Gasteiger charge is 2.38. The van der Waals surface area contributed by atoms with Gasteiger partial charge in [0.05, 0.1) is 13.2 Å². The second-order valence-corrected chi connectivity index (χ2v) is 8.22. The highest BCUT2D eigenvalue weighted by Crippen LogP contribution is 2.31. The highest BCUT2D eigenvalue weighted by atomic mass is 32.1. The van der Waals surface area contributed by atoms with Crippen molar-refractivity contribution >= 4 is 40.2 Å². The SMILES string of the molecule is CCCCOC(=O)C1=C(N(C)Cc2cccs2)O/C(=C\c2c[nH]c3ncccc23)C1=O. The van der Waals surface area contributed by atoms with Gasteiger partial charge < -0.3 is 19.4 Å². The van der Waals surface area contributed by atoms with Crippen LogP contribution in [0.25, 0.3) is 17.1 Å². The second-order valence-electron chi connectivity index (χ2n) is 7.19. The van der Waals surface area contributed by atoms with Crippen molar-refractivity contribution in [3.63, 3.8) is 0 Å². The van der Waals surface area contributed by atoms with Crippen LogP contribution in [0, 0.1) is 0 Å². The molecular formula is C23H23N3O4S. The van der Waals surface area contributed by atoms with E-state index in [9.17, 15) is 9.59 Å². The first-order valence-electron chi connectivity index (χ1n) is 10.1. The molecule has 4 rings (SSSR count). The lowest BCUT2D eigenvalue weighted by molar-refractivity contribution is -0.140. The molecule has 4 heterocycles. The van der Waals surface area contributed by atoms with Gasteiger partial charge in [-0.05, 0) is 36.1 Å². The van der Waals surface area contributed by atoms with Crippen LogP contribution in [0.5, 0.6) is 0 Å². The Morgan fingerprint density at radius 3 is 3.00 bits per heavy atom. The van der Waals surface area contributed by atoms with Crippen LogP contribution < -0.4 is 0 Å². The van der Waals surface area contributed by atoms with E-state index < -0.39 is 11.8 Å². The lowest BCUT2D eigenvalue weighted by atomic mass is 10.1. The van der Waals surface area contributed by atoms with Crippen molar-refractivity contribution in [2.75, 3.05) is 13.7 Å². The Bertz CT molecular complexity index is 1160. The quantitative estimate of drug-likeness (QED) is 0.245. The van der Waals surface area contributed by atoms with Gasteiger partial charge >= 0.3 is 5.97 Å². The van der Waals surface area contributed by atoms with E-state index in [-0.39, 0.29) is 23.8 Å². The van der Waals surface area contributed by atoms with Crippen LogP contribution in [-0.4, -0.2) is 40.3 Å². The average Bonchev–Trinajstić information content (AvgIpc) is 3.49. The number of rotatable bonds is 8. The summed E-state index contributed by atoms with van der Waals surface area (Å²) in [6, 6.07) is 7.68. The summed E-state index contributed by atoms with van der Waals surface area (Å²) in [6.07, 6.45) is 6.71. The van der Waals surface area contributed by atoms with Crippen LogP contribution in [0.2, 0.25) is 0 Å².